The molecule has 1 fully saturated rings. The molecule has 0 unspecified atom stereocenters. The molecule has 2 aliphatic rings. The maximum atomic E-state index is 12.8. The van der Waals surface area contributed by atoms with Crippen LogP contribution < -0.4 is 14.8 Å². The summed E-state index contributed by atoms with van der Waals surface area (Å²) in [4.78, 5) is 17.2. The van der Waals surface area contributed by atoms with E-state index in [1.165, 1.54) is 5.56 Å². The molecular weight excluding hydrogens is 342 g/mol. The van der Waals surface area contributed by atoms with Gasteiger partial charge in [-0.05, 0) is 48.4 Å². The molecule has 2 aliphatic heterocycles. The molecule has 0 atom stereocenters. The Morgan fingerprint density at radius 3 is 2.33 bits per heavy atom. The van der Waals surface area contributed by atoms with Crippen LogP contribution in [0.15, 0.2) is 12.1 Å². The summed E-state index contributed by atoms with van der Waals surface area (Å²) < 4.78 is 10.8. The van der Waals surface area contributed by atoms with Gasteiger partial charge >= 0.3 is 6.03 Å². The van der Waals surface area contributed by atoms with Gasteiger partial charge in [-0.3, -0.25) is 0 Å². The fraction of sp³-hybridized carbons (Fsp3) is 0.667. The molecule has 150 valence electrons. The molecule has 6 nitrogen and oxygen atoms in total. The van der Waals surface area contributed by atoms with E-state index in [1.54, 1.807) is 14.2 Å². The molecule has 1 saturated heterocycles. The molecule has 0 aromatic heterocycles. The number of urea groups is 1. The minimum Gasteiger partial charge on any atom is -0.493 e. The van der Waals surface area contributed by atoms with E-state index in [2.05, 4.69) is 24.1 Å². The lowest BCUT2D eigenvalue weighted by Crippen LogP contribution is -2.50. The van der Waals surface area contributed by atoms with Crippen LogP contribution >= 0.6 is 0 Å². The van der Waals surface area contributed by atoms with Gasteiger partial charge < -0.3 is 24.6 Å². The van der Waals surface area contributed by atoms with Gasteiger partial charge in [0, 0.05) is 38.8 Å². The number of hydrogen-bond acceptors (Lipinski definition) is 4. The highest BCUT2D eigenvalue weighted by atomic mass is 16.5. The largest absolute Gasteiger partial charge is 0.493 e. The zero-order valence-corrected chi connectivity index (χ0v) is 17.1. The summed E-state index contributed by atoms with van der Waals surface area (Å²) >= 11 is 0. The number of nitrogens with zero attached hydrogens (tertiary/aromatic N) is 2. The topological polar surface area (TPSA) is 54.0 Å². The van der Waals surface area contributed by atoms with Crippen molar-refractivity contribution in [2.45, 2.75) is 45.7 Å². The number of likely N-dealkylation sites (tertiary alicyclic amines) is 1. The predicted molar refractivity (Wildman–Crippen MR) is 106 cm³/mol. The quantitative estimate of drug-likeness (QED) is 0.860. The van der Waals surface area contributed by atoms with Crippen molar-refractivity contribution >= 4 is 6.03 Å². The molecule has 0 radical (unpaired) electrons. The molecular formula is C21H33N3O3. The number of rotatable bonds is 5. The Morgan fingerprint density at radius 2 is 1.74 bits per heavy atom. The van der Waals surface area contributed by atoms with Crippen molar-refractivity contribution in [2.24, 2.45) is 5.92 Å². The summed E-state index contributed by atoms with van der Waals surface area (Å²) in [7, 11) is 3.29. The smallest absolute Gasteiger partial charge is 0.317 e. The van der Waals surface area contributed by atoms with Gasteiger partial charge in [-0.15, -0.1) is 0 Å². The summed E-state index contributed by atoms with van der Waals surface area (Å²) in [5, 5.41) is 3.25. The number of nitrogens with one attached hydrogen (secondary N) is 1. The van der Waals surface area contributed by atoms with Crippen LogP contribution in [-0.2, 0) is 13.0 Å². The first-order chi connectivity index (χ1) is 13.0. The second kappa shape index (κ2) is 8.83. The van der Waals surface area contributed by atoms with Crippen LogP contribution in [0.2, 0.25) is 0 Å². The first-order valence-corrected chi connectivity index (χ1v) is 10.0. The molecule has 1 N–H and O–H groups in total. The molecule has 0 spiro atoms. The third-order valence-electron chi connectivity index (χ3n) is 5.54. The van der Waals surface area contributed by atoms with Crippen LogP contribution in [0.25, 0.3) is 0 Å². The Hall–Kier alpha value is -1.95. The molecule has 3 rings (SSSR count). The molecule has 2 heterocycles. The van der Waals surface area contributed by atoms with Gasteiger partial charge in [0.25, 0.3) is 0 Å². The Labute approximate surface area is 162 Å². The molecule has 1 aromatic rings. The van der Waals surface area contributed by atoms with Crippen molar-refractivity contribution in [1.82, 2.24) is 15.1 Å². The number of methoxy groups -OCH3 is 2. The molecule has 0 aliphatic carbocycles. The van der Waals surface area contributed by atoms with E-state index in [0.29, 0.717) is 12.5 Å². The Kier molecular flexibility index (Phi) is 6.47. The first-order valence-electron chi connectivity index (χ1n) is 10.0. The fourth-order valence-electron chi connectivity index (χ4n) is 4.10. The number of ether oxygens (including phenoxy) is 2. The summed E-state index contributed by atoms with van der Waals surface area (Å²) in [6.45, 7) is 9.16. The standard InChI is InChI=1S/C21H33N3O3/c1-15(2)13-23-8-6-18(7-9-23)22-21(25)24-10-5-16-11-19(26-3)20(27-4)12-17(16)14-24/h11-12,15,18H,5-10,13-14H2,1-4H3,(H,22,25). The molecule has 0 bridgehead atoms. The lowest BCUT2D eigenvalue weighted by atomic mass is 9.99. The predicted octanol–water partition coefficient (Wildman–Crippen LogP) is 2.89. The first kappa shape index (κ1) is 19.8. The average Bonchev–Trinajstić information content (AvgIpc) is 2.67. The zero-order valence-electron chi connectivity index (χ0n) is 17.1. The number of benzene rings is 1. The summed E-state index contributed by atoms with van der Waals surface area (Å²) in [6, 6.07) is 4.37. The highest BCUT2D eigenvalue weighted by molar-refractivity contribution is 5.75. The highest BCUT2D eigenvalue weighted by Crippen LogP contribution is 2.33. The molecule has 2 amide bonds. The number of carbonyl (C=O) groups excluding carboxylic acids is 1. The van der Waals surface area contributed by atoms with Gasteiger partial charge in [-0.25, -0.2) is 4.79 Å². The number of fused-ring (bicyclic) bond motifs is 1. The lowest BCUT2D eigenvalue weighted by molar-refractivity contribution is 0.161. The number of carbonyl (C=O) groups is 1. The second-order valence-electron chi connectivity index (χ2n) is 8.07. The number of hydrogen-bond donors (Lipinski definition) is 1. The van der Waals surface area contributed by atoms with Crippen molar-refractivity contribution in [3.8, 4) is 11.5 Å². The minimum absolute atomic E-state index is 0.0535. The normalized spacial score (nSPS) is 18.3. The van der Waals surface area contributed by atoms with E-state index in [0.717, 1.165) is 62.5 Å². The van der Waals surface area contributed by atoms with Gasteiger partial charge in [0.05, 0.1) is 14.2 Å². The Balaban J connectivity index is 1.55. The van der Waals surface area contributed by atoms with E-state index >= 15 is 0 Å². The molecule has 0 saturated carbocycles. The van der Waals surface area contributed by atoms with Gasteiger partial charge in [-0.2, -0.15) is 0 Å². The van der Waals surface area contributed by atoms with Crippen LogP contribution in [-0.4, -0.2) is 62.3 Å². The molecule has 1 aromatic carbocycles. The van der Waals surface area contributed by atoms with E-state index < -0.39 is 0 Å². The van der Waals surface area contributed by atoms with Gasteiger partial charge in [0.15, 0.2) is 11.5 Å². The van der Waals surface area contributed by atoms with Crippen molar-refractivity contribution < 1.29 is 14.3 Å². The number of piperidine rings is 1. The monoisotopic (exact) mass is 375 g/mol. The van der Waals surface area contributed by atoms with Crippen molar-refractivity contribution in [3.05, 3.63) is 23.3 Å². The van der Waals surface area contributed by atoms with Crippen LogP contribution in [0.3, 0.4) is 0 Å². The Bertz CT molecular complexity index is 654. The summed E-state index contributed by atoms with van der Waals surface area (Å²) in [5.41, 5.74) is 2.37. The third kappa shape index (κ3) is 4.86. The second-order valence-corrected chi connectivity index (χ2v) is 8.07. The van der Waals surface area contributed by atoms with Gasteiger partial charge in [0.1, 0.15) is 0 Å². The van der Waals surface area contributed by atoms with Crippen LogP contribution in [0.5, 0.6) is 11.5 Å². The fourth-order valence-corrected chi connectivity index (χ4v) is 4.10. The highest BCUT2D eigenvalue weighted by Gasteiger charge is 2.26. The van der Waals surface area contributed by atoms with Crippen LogP contribution in [0.1, 0.15) is 37.8 Å². The SMILES string of the molecule is COc1cc2c(cc1OC)CN(C(=O)NC1CCN(CC(C)C)CC1)CC2. The van der Waals surface area contributed by atoms with E-state index in [4.69, 9.17) is 9.47 Å². The molecule has 27 heavy (non-hydrogen) atoms. The molecule has 6 heteroatoms. The third-order valence-corrected chi connectivity index (χ3v) is 5.54. The van der Waals surface area contributed by atoms with Gasteiger partial charge in [0.2, 0.25) is 0 Å². The maximum absolute atomic E-state index is 12.8. The van der Waals surface area contributed by atoms with E-state index in [-0.39, 0.29) is 12.1 Å². The summed E-state index contributed by atoms with van der Waals surface area (Å²) in [6.07, 6.45) is 2.91. The van der Waals surface area contributed by atoms with Crippen molar-refractivity contribution in [3.63, 3.8) is 0 Å². The zero-order chi connectivity index (χ0) is 19.4. The number of amides is 2. The van der Waals surface area contributed by atoms with Gasteiger partial charge in [-0.1, -0.05) is 13.8 Å². The average molecular weight is 376 g/mol. The van der Waals surface area contributed by atoms with Crippen molar-refractivity contribution in [1.29, 1.82) is 0 Å². The van der Waals surface area contributed by atoms with Crippen LogP contribution in [0, 0.1) is 5.92 Å². The summed E-state index contributed by atoms with van der Waals surface area (Å²) in [5.74, 6) is 2.17. The van der Waals surface area contributed by atoms with Crippen LogP contribution in [0.4, 0.5) is 4.79 Å². The lowest BCUT2D eigenvalue weighted by Gasteiger charge is -2.35. The minimum atomic E-state index is 0.0535. The van der Waals surface area contributed by atoms with Crippen molar-refractivity contribution in [2.75, 3.05) is 40.4 Å². The van der Waals surface area contributed by atoms with E-state index in [9.17, 15) is 4.79 Å². The maximum Gasteiger partial charge on any atom is 0.317 e. The Morgan fingerprint density at radius 1 is 1.11 bits per heavy atom. The van der Waals surface area contributed by atoms with E-state index in [1.807, 2.05) is 17.0 Å².